The summed E-state index contributed by atoms with van der Waals surface area (Å²) in [6.45, 7) is 0.314. The largest absolute Gasteiger partial charge is 0.493 e. The van der Waals surface area contributed by atoms with E-state index in [9.17, 15) is 9.59 Å². The number of benzene rings is 3. The lowest BCUT2D eigenvalue weighted by Crippen LogP contribution is -2.24. The number of ether oxygens (including phenoxy) is 2. The number of anilines is 1. The molecule has 0 aliphatic carbocycles. The monoisotopic (exact) mass is 480 g/mol. The van der Waals surface area contributed by atoms with Crippen LogP contribution in [0.25, 0.3) is 6.08 Å². The number of methoxy groups -OCH3 is 2. The van der Waals surface area contributed by atoms with E-state index in [1.165, 1.54) is 11.8 Å². The highest BCUT2D eigenvalue weighted by Crippen LogP contribution is 2.40. The van der Waals surface area contributed by atoms with Crippen molar-refractivity contribution in [2.24, 2.45) is 0 Å². The molecule has 0 spiro atoms. The van der Waals surface area contributed by atoms with E-state index in [0.717, 1.165) is 16.0 Å². The minimum absolute atomic E-state index is 0.240. The third-order valence-corrected chi connectivity index (χ3v) is 6.50. The second-order valence-electron chi connectivity index (χ2n) is 7.16. The van der Waals surface area contributed by atoms with Gasteiger partial charge in [-0.25, -0.2) is 0 Å². The summed E-state index contributed by atoms with van der Waals surface area (Å²) >= 11 is 7.49. The summed E-state index contributed by atoms with van der Waals surface area (Å²) in [7, 11) is 3.14. The van der Waals surface area contributed by atoms with Gasteiger partial charge in [0.15, 0.2) is 11.5 Å². The maximum absolute atomic E-state index is 12.7. The highest BCUT2D eigenvalue weighted by Gasteiger charge is 2.22. The fourth-order valence-corrected chi connectivity index (χ4v) is 4.45. The van der Waals surface area contributed by atoms with Crippen molar-refractivity contribution in [3.05, 3.63) is 87.3 Å². The standard InChI is InChI=1S/C25H21ClN2O4S/c1-31-20-9-7-15(11-21(20)32-2)12-23-25(30)28-19-13-16(8-10-22(19)33-23)24(29)27-14-17-5-3-4-6-18(17)26/h3-13H,14H2,1-2H3,(H,27,29)(H,28,30). The summed E-state index contributed by atoms with van der Waals surface area (Å²) in [4.78, 5) is 26.7. The molecule has 0 bridgehead atoms. The molecule has 8 heteroatoms. The Bertz CT molecular complexity index is 1260. The number of amides is 2. The Kier molecular flexibility index (Phi) is 6.91. The first-order valence-corrected chi connectivity index (χ1v) is 11.3. The van der Waals surface area contributed by atoms with Gasteiger partial charge in [0.05, 0.1) is 24.8 Å². The van der Waals surface area contributed by atoms with Gasteiger partial charge < -0.3 is 20.1 Å². The summed E-state index contributed by atoms with van der Waals surface area (Å²) in [6.07, 6.45) is 1.79. The molecule has 0 unspecified atom stereocenters. The zero-order valence-corrected chi connectivity index (χ0v) is 19.5. The highest BCUT2D eigenvalue weighted by atomic mass is 35.5. The Balaban J connectivity index is 1.50. The van der Waals surface area contributed by atoms with Crippen molar-refractivity contribution in [1.82, 2.24) is 5.32 Å². The molecule has 1 aliphatic rings. The fraction of sp³-hybridized carbons (Fsp3) is 0.120. The summed E-state index contributed by atoms with van der Waals surface area (Å²) < 4.78 is 10.6. The Hall–Kier alpha value is -3.42. The predicted octanol–water partition coefficient (Wildman–Crippen LogP) is 5.37. The maximum Gasteiger partial charge on any atom is 0.262 e. The first kappa shape index (κ1) is 22.8. The van der Waals surface area contributed by atoms with Gasteiger partial charge >= 0.3 is 0 Å². The van der Waals surface area contributed by atoms with Gasteiger partial charge in [0.1, 0.15) is 0 Å². The normalized spacial score (nSPS) is 13.8. The van der Waals surface area contributed by atoms with Crippen LogP contribution in [-0.4, -0.2) is 26.0 Å². The first-order valence-electron chi connectivity index (χ1n) is 10.1. The average Bonchev–Trinajstić information content (AvgIpc) is 2.83. The van der Waals surface area contributed by atoms with E-state index >= 15 is 0 Å². The van der Waals surface area contributed by atoms with Crippen molar-refractivity contribution in [1.29, 1.82) is 0 Å². The van der Waals surface area contributed by atoms with Crippen LogP contribution in [0.5, 0.6) is 11.5 Å². The molecule has 33 heavy (non-hydrogen) atoms. The Morgan fingerprint density at radius 1 is 1.06 bits per heavy atom. The number of rotatable bonds is 6. The quantitative estimate of drug-likeness (QED) is 0.464. The fourth-order valence-electron chi connectivity index (χ4n) is 3.31. The lowest BCUT2D eigenvalue weighted by molar-refractivity contribution is -0.112. The Labute approximate surface area is 200 Å². The summed E-state index contributed by atoms with van der Waals surface area (Å²) in [5.41, 5.74) is 2.69. The smallest absolute Gasteiger partial charge is 0.262 e. The van der Waals surface area contributed by atoms with Gasteiger partial charge in [0, 0.05) is 22.0 Å². The summed E-state index contributed by atoms with van der Waals surface area (Å²) in [6, 6.07) is 18.0. The van der Waals surface area contributed by atoms with Crippen LogP contribution in [0.3, 0.4) is 0 Å². The van der Waals surface area contributed by atoms with Crippen LogP contribution in [0.1, 0.15) is 21.5 Å². The third kappa shape index (κ3) is 5.16. The van der Waals surface area contributed by atoms with Crippen LogP contribution in [0.2, 0.25) is 5.02 Å². The second-order valence-corrected chi connectivity index (χ2v) is 8.66. The number of fused-ring (bicyclic) bond motifs is 1. The third-order valence-electron chi connectivity index (χ3n) is 5.04. The number of hydrogen-bond donors (Lipinski definition) is 2. The van der Waals surface area contributed by atoms with E-state index in [-0.39, 0.29) is 11.8 Å². The number of thioether (sulfide) groups is 1. The van der Waals surface area contributed by atoms with Crippen molar-refractivity contribution in [2.45, 2.75) is 11.4 Å². The predicted molar refractivity (Wildman–Crippen MR) is 131 cm³/mol. The van der Waals surface area contributed by atoms with E-state index < -0.39 is 0 Å². The average molecular weight is 481 g/mol. The van der Waals surface area contributed by atoms with Crippen LogP contribution < -0.4 is 20.1 Å². The van der Waals surface area contributed by atoms with Crippen molar-refractivity contribution in [3.8, 4) is 11.5 Å². The Morgan fingerprint density at radius 2 is 1.85 bits per heavy atom. The Morgan fingerprint density at radius 3 is 2.61 bits per heavy atom. The SMILES string of the molecule is COc1ccc(C=C2Sc3ccc(C(=O)NCc4ccccc4Cl)cc3NC2=O)cc1OC. The summed E-state index contributed by atoms with van der Waals surface area (Å²) in [5.74, 6) is 0.714. The van der Waals surface area contributed by atoms with Gasteiger partial charge in [-0.15, -0.1) is 0 Å². The maximum atomic E-state index is 12.7. The molecule has 2 amide bonds. The van der Waals surface area contributed by atoms with Gasteiger partial charge in [-0.3, -0.25) is 9.59 Å². The molecule has 168 valence electrons. The highest BCUT2D eigenvalue weighted by molar-refractivity contribution is 8.04. The molecule has 3 aromatic carbocycles. The van der Waals surface area contributed by atoms with Crippen LogP contribution in [0.15, 0.2) is 70.5 Å². The number of carbonyl (C=O) groups is 2. The van der Waals surface area contributed by atoms with E-state index in [1.54, 1.807) is 44.6 Å². The van der Waals surface area contributed by atoms with E-state index in [4.69, 9.17) is 21.1 Å². The lowest BCUT2D eigenvalue weighted by atomic mass is 10.1. The molecule has 0 fully saturated rings. The zero-order chi connectivity index (χ0) is 23.4. The molecule has 2 N–H and O–H groups in total. The number of halogens is 1. The van der Waals surface area contributed by atoms with E-state index in [0.29, 0.717) is 39.2 Å². The molecular formula is C25H21ClN2O4S. The minimum Gasteiger partial charge on any atom is -0.493 e. The van der Waals surface area contributed by atoms with Crippen molar-refractivity contribution in [2.75, 3.05) is 19.5 Å². The molecule has 0 radical (unpaired) electrons. The molecule has 1 aliphatic heterocycles. The molecular weight excluding hydrogens is 460 g/mol. The molecule has 0 saturated carbocycles. The van der Waals surface area contributed by atoms with Crippen molar-refractivity contribution >= 4 is 46.9 Å². The van der Waals surface area contributed by atoms with Gasteiger partial charge in [0.25, 0.3) is 11.8 Å². The van der Waals surface area contributed by atoms with Gasteiger partial charge in [-0.1, -0.05) is 47.6 Å². The molecule has 6 nitrogen and oxygen atoms in total. The summed E-state index contributed by atoms with van der Waals surface area (Å²) in [5, 5.41) is 6.33. The molecule has 3 aromatic rings. The second kappa shape index (κ2) is 10.0. The van der Waals surface area contributed by atoms with Gasteiger partial charge in [0.2, 0.25) is 0 Å². The van der Waals surface area contributed by atoms with Gasteiger partial charge in [-0.2, -0.15) is 0 Å². The lowest BCUT2D eigenvalue weighted by Gasteiger charge is -2.19. The zero-order valence-electron chi connectivity index (χ0n) is 18.0. The van der Waals surface area contributed by atoms with Crippen LogP contribution in [0, 0.1) is 0 Å². The molecule has 0 saturated heterocycles. The molecule has 0 atom stereocenters. The topological polar surface area (TPSA) is 76.7 Å². The van der Waals surface area contributed by atoms with Crippen LogP contribution in [0.4, 0.5) is 5.69 Å². The van der Waals surface area contributed by atoms with Crippen molar-refractivity contribution in [3.63, 3.8) is 0 Å². The minimum atomic E-state index is -0.247. The first-order chi connectivity index (χ1) is 16.0. The number of hydrogen-bond acceptors (Lipinski definition) is 5. The molecule has 1 heterocycles. The van der Waals surface area contributed by atoms with E-state index in [1.807, 2.05) is 36.4 Å². The van der Waals surface area contributed by atoms with Crippen LogP contribution in [-0.2, 0) is 11.3 Å². The molecule has 0 aromatic heterocycles. The van der Waals surface area contributed by atoms with Gasteiger partial charge in [-0.05, 0) is 53.6 Å². The number of carbonyl (C=O) groups excluding carboxylic acids is 2. The van der Waals surface area contributed by atoms with E-state index in [2.05, 4.69) is 10.6 Å². The van der Waals surface area contributed by atoms with Crippen molar-refractivity contribution < 1.29 is 19.1 Å². The van der Waals surface area contributed by atoms with Crippen LogP contribution >= 0.6 is 23.4 Å². The number of nitrogens with one attached hydrogen (secondary N) is 2. The molecule has 4 rings (SSSR count).